The number of carbonyl (C=O) groups excluding carboxylic acids is 1. The van der Waals surface area contributed by atoms with Crippen LogP contribution < -0.4 is 10.3 Å². The second kappa shape index (κ2) is 4.05. The molecule has 0 spiro atoms. The van der Waals surface area contributed by atoms with Gasteiger partial charge in [0.1, 0.15) is 0 Å². The SMILES string of the molecule is O=CNOc1ccccc1[N+](=O)[O-]. The van der Waals surface area contributed by atoms with E-state index in [1.54, 1.807) is 6.07 Å². The molecule has 0 aliphatic rings. The fourth-order valence-corrected chi connectivity index (χ4v) is 0.782. The highest BCUT2D eigenvalue weighted by Crippen LogP contribution is 2.24. The first kappa shape index (κ1) is 8.98. The van der Waals surface area contributed by atoms with Gasteiger partial charge in [-0.05, 0) is 6.07 Å². The number of nitrogens with zero attached hydrogens (tertiary/aromatic N) is 1. The summed E-state index contributed by atoms with van der Waals surface area (Å²) >= 11 is 0. The molecule has 0 heterocycles. The molecular formula is C7H6N2O4. The third kappa shape index (κ3) is 2.16. The zero-order valence-corrected chi connectivity index (χ0v) is 6.47. The Bertz CT molecular complexity index is 326. The van der Waals surface area contributed by atoms with Gasteiger partial charge in [0, 0.05) is 6.07 Å². The molecule has 13 heavy (non-hydrogen) atoms. The van der Waals surface area contributed by atoms with E-state index in [0.29, 0.717) is 0 Å². The van der Waals surface area contributed by atoms with Crippen molar-refractivity contribution in [1.82, 2.24) is 5.48 Å². The molecular weight excluding hydrogens is 176 g/mol. The van der Waals surface area contributed by atoms with Crippen molar-refractivity contribution in [3.05, 3.63) is 34.4 Å². The van der Waals surface area contributed by atoms with Gasteiger partial charge in [0.05, 0.1) is 4.92 Å². The van der Waals surface area contributed by atoms with E-state index in [4.69, 9.17) is 0 Å². The summed E-state index contributed by atoms with van der Waals surface area (Å²) in [6.07, 6.45) is 0.288. The van der Waals surface area contributed by atoms with Crippen LogP contribution in [0.5, 0.6) is 5.75 Å². The van der Waals surface area contributed by atoms with Gasteiger partial charge in [-0.2, -0.15) is 5.48 Å². The van der Waals surface area contributed by atoms with Crippen LogP contribution in [0.4, 0.5) is 5.69 Å². The fraction of sp³-hybridized carbons (Fsp3) is 0. The summed E-state index contributed by atoms with van der Waals surface area (Å²) in [5.74, 6) is -0.000370. The Morgan fingerprint density at radius 2 is 2.15 bits per heavy atom. The second-order valence-corrected chi connectivity index (χ2v) is 2.06. The van der Waals surface area contributed by atoms with Gasteiger partial charge in [0.25, 0.3) is 0 Å². The molecule has 0 aliphatic heterocycles. The van der Waals surface area contributed by atoms with Crippen molar-refractivity contribution in [2.45, 2.75) is 0 Å². The van der Waals surface area contributed by atoms with Crippen LogP contribution in [-0.2, 0) is 4.79 Å². The molecule has 0 aliphatic carbocycles. The highest BCUT2D eigenvalue weighted by atomic mass is 16.7. The number of rotatable bonds is 4. The van der Waals surface area contributed by atoms with Crippen LogP contribution in [0.15, 0.2) is 24.3 Å². The van der Waals surface area contributed by atoms with E-state index in [9.17, 15) is 14.9 Å². The van der Waals surface area contributed by atoms with Crippen molar-refractivity contribution < 1.29 is 14.6 Å². The van der Waals surface area contributed by atoms with E-state index in [1.807, 2.05) is 5.48 Å². The lowest BCUT2D eigenvalue weighted by Gasteiger charge is -2.01. The minimum absolute atomic E-state index is 0.000370. The molecule has 0 aromatic heterocycles. The summed E-state index contributed by atoms with van der Waals surface area (Å²) in [7, 11) is 0. The minimum atomic E-state index is -0.595. The molecule has 0 radical (unpaired) electrons. The molecule has 1 aromatic carbocycles. The number of hydroxylamine groups is 1. The van der Waals surface area contributed by atoms with E-state index < -0.39 is 4.92 Å². The lowest BCUT2D eigenvalue weighted by Crippen LogP contribution is -2.16. The standard InChI is InChI=1S/C7H6N2O4/c10-5-8-13-7-4-2-1-3-6(7)9(11)12/h1-5H,(H,8,10). The number of carbonyl (C=O) groups is 1. The molecule has 6 heteroatoms. The first-order valence-corrected chi connectivity index (χ1v) is 3.35. The number of nitro benzene ring substituents is 1. The summed E-state index contributed by atoms with van der Waals surface area (Å²) in [4.78, 5) is 24.2. The third-order valence-electron chi connectivity index (χ3n) is 1.28. The van der Waals surface area contributed by atoms with Crippen LogP contribution in [0, 0.1) is 10.1 Å². The van der Waals surface area contributed by atoms with Crippen LogP contribution in [0.2, 0.25) is 0 Å². The number of hydrogen-bond acceptors (Lipinski definition) is 4. The number of benzene rings is 1. The number of para-hydroxylation sites is 2. The van der Waals surface area contributed by atoms with Crippen LogP contribution >= 0.6 is 0 Å². The van der Waals surface area contributed by atoms with Gasteiger partial charge in [-0.3, -0.25) is 14.9 Å². The zero-order chi connectivity index (χ0) is 9.68. The summed E-state index contributed by atoms with van der Waals surface area (Å²) in [6, 6.07) is 5.73. The average molecular weight is 182 g/mol. The third-order valence-corrected chi connectivity index (χ3v) is 1.28. The number of nitrogens with one attached hydrogen (secondary N) is 1. The molecule has 0 unspecified atom stereocenters. The monoisotopic (exact) mass is 182 g/mol. The van der Waals surface area contributed by atoms with E-state index >= 15 is 0 Å². The van der Waals surface area contributed by atoms with E-state index in [-0.39, 0.29) is 17.8 Å². The number of amides is 1. The number of hydrogen-bond donors (Lipinski definition) is 1. The maximum atomic E-state index is 10.4. The predicted octanol–water partition coefficient (Wildman–Crippen LogP) is 0.635. The molecule has 0 saturated carbocycles. The number of nitro groups is 1. The van der Waals surface area contributed by atoms with E-state index in [1.165, 1.54) is 18.2 Å². The molecule has 6 nitrogen and oxygen atoms in total. The highest BCUT2D eigenvalue weighted by Gasteiger charge is 2.13. The maximum absolute atomic E-state index is 10.4. The molecule has 0 saturated heterocycles. The minimum Gasteiger partial charge on any atom is -0.372 e. The van der Waals surface area contributed by atoms with Crippen LogP contribution in [0.25, 0.3) is 0 Å². The Labute approximate surface area is 73.2 Å². The summed E-state index contributed by atoms with van der Waals surface area (Å²) < 4.78 is 0. The Morgan fingerprint density at radius 1 is 1.46 bits per heavy atom. The largest absolute Gasteiger partial charge is 0.372 e. The van der Waals surface area contributed by atoms with Crippen LogP contribution in [0.1, 0.15) is 0 Å². The van der Waals surface area contributed by atoms with Crippen molar-refractivity contribution in [2.75, 3.05) is 0 Å². The van der Waals surface area contributed by atoms with Gasteiger partial charge in [0.15, 0.2) is 0 Å². The first-order chi connectivity index (χ1) is 6.25. The average Bonchev–Trinajstić information content (AvgIpc) is 2.15. The molecule has 0 fully saturated rings. The topological polar surface area (TPSA) is 81.5 Å². The fourth-order valence-electron chi connectivity index (χ4n) is 0.782. The van der Waals surface area contributed by atoms with Crippen molar-refractivity contribution in [2.24, 2.45) is 0 Å². The maximum Gasteiger partial charge on any atom is 0.314 e. The first-order valence-electron chi connectivity index (χ1n) is 3.35. The van der Waals surface area contributed by atoms with E-state index in [0.717, 1.165) is 0 Å². The Balaban J connectivity index is 2.90. The van der Waals surface area contributed by atoms with Crippen LogP contribution in [0.3, 0.4) is 0 Å². The van der Waals surface area contributed by atoms with Crippen LogP contribution in [-0.4, -0.2) is 11.3 Å². The summed E-state index contributed by atoms with van der Waals surface area (Å²) in [6.45, 7) is 0. The lowest BCUT2D eigenvalue weighted by atomic mass is 10.3. The van der Waals surface area contributed by atoms with Crippen molar-refractivity contribution >= 4 is 12.1 Å². The summed E-state index contributed by atoms with van der Waals surface area (Å²) in [5, 5.41) is 10.4. The Hall–Kier alpha value is -2.11. The quantitative estimate of drug-likeness (QED) is 0.420. The highest BCUT2D eigenvalue weighted by molar-refractivity contribution is 5.48. The van der Waals surface area contributed by atoms with Gasteiger partial charge < -0.3 is 4.84 Å². The van der Waals surface area contributed by atoms with Gasteiger partial charge in [-0.15, -0.1) is 0 Å². The van der Waals surface area contributed by atoms with Gasteiger partial charge in [-0.1, -0.05) is 12.1 Å². The van der Waals surface area contributed by atoms with Gasteiger partial charge >= 0.3 is 5.69 Å². The molecule has 0 atom stereocenters. The Morgan fingerprint density at radius 3 is 2.77 bits per heavy atom. The molecule has 1 aromatic rings. The second-order valence-electron chi connectivity index (χ2n) is 2.06. The lowest BCUT2D eigenvalue weighted by molar-refractivity contribution is -0.386. The molecule has 0 bridgehead atoms. The molecule has 68 valence electrons. The van der Waals surface area contributed by atoms with Crippen molar-refractivity contribution in [3.63, 3.8) is 0 Å². The van der Waals surface area contributed by atoms with Gasteiger partial charge in [0.2, 0.25) is 12.2 Å². The molecule has 1 N–H and O–H groups in total. The van der Waals surface area contributed by atoms with Crippen molar-refractivity contribution in [1.29, 1.82) is 0 Å². The van der Waals surface area contributed by atoms with Crippen molar-refractivity contribution in [3.8, 4) is 5.75 Å². The zero-order valence-electron chi connectivity index (χ0n) is 6.47. The van der Waals surface area contributed by atoms with E-state index in [2.05, 4.69) is 4.84 Å². The molecule has 1 amide bonds. The summed E-state index contributed by atoms with van der Waals surface area (Å²) in [5.41, 5.74) is 1.68. The van der Waals surface area contributed by atoms with Gasteiger partial charge in [-0.25, -0.2) is 0 Å². The predicted molar refractivity (Wildman–Crippen MR) is 42.9 cm³/mol. The normalized spacial score (nSPS) is 8.92. The Kier molecular flexibility index (Phi) is 2.80. The smallest absolute Gasteiger partial charge is 0.314 e. The molecule has 1 rings (SSSR count).